The van der Waals surface area contributed by atoms with E-state index >= 15 is 0 Å². The van der Waals surface area contributed by atoms with Crippen molar-refractivity contribution in [2.75, 3.05) is 32.4 Å². The molecule has 0 spiro atoms. The highest BCUT2D eigenvalue weighted by molar-refractivity contribution is 7.98. The zero-order chi connectivity index (χ0) is 18.7. The highest BCUT2D eigenvalue weighted by Gasteiger charge is 2.24. The standard InChI is InChI=1S/C20H27N3OS2/c1-20(2,3)17-14-26-18(21-17)13-22-9-11-23(12-10-22)19(24)15-7-5-6-8-16(15)25-4/h5-8,14H,9-13H2,1-4H3. The van der Waals surface area contributed by atoms with E-state index in [4.69, 9.17) is 4.98 Å². The van der Waals surface area contributed by atoms with Crippen LogP contribution in [0.1, 0.15) is 41.8 Å². The van der Waals surface area contributed by atoms with E-state index in [0.29, 0.717) is 0 Å². The third-order valence-corrected chi connectivity index (χ3v) is 6.31. The molecule has 0 N–H and O–H groups in total. The van der Waals surface area contributed by atoms with E-state index in [0.717, 1.165) is 43.2 Å². The Labute approximate surface area is 164 Å². The van der Waals surface area contributed by atoms with Crippen molar-refractivity contribution < 1.29 is 4.79 Å². The number of piperazine rings is 1. The zero-order valence-corrected chi connectivity index (χ0v) is 17.6. The van der Waals surface area contributed by atoms with Gasteiger partial charge in [-0.05, 0) is 18.4 Å². The fourth-order valence-electron chi connectivity index (χ4n) is 3.02. The molecule has 1 aliphatic heterocycles. The Morgan fingerprint density at radius 1 is 1.19 bits per heavy atom. The number of rotatable bonds is 4. The molecule has 0 unspecified atom stereocenters. The molecule has 0 saturated carbocycles. The first-order valence-electron chi connectivity index (χ1n) is 8.98. The van der Waals surface area contributed by atoms with Gasteiger partial charge in [-0.15, -0.1) is 23.1 Å². The van der Waals surface area contributed by atoms with Gasteiger partial charge in [-0.2, -0.15) is 0 Å². The third-order valence-electron chi connectivity index (χ3n) is 4.68. The van der Waals surface area contributed by atoms with Gasteiger partial charge in [0, 0.05) is 41.9 Å². The summed E-state index contributed by atoms with van der Waals surface area (Å²) in [4.78, 5) is 23.1. The van der Waals surface area contributed by atoms with Gasteiger partial charge < -0.3 is 4.90 Å². The van der Waals surface area contributed by atoms with Crippen molar-refractivity contribution in [1.29, 1.82) is 0 Å². The van der Waals surface area contributed by atoms with Crippen molar-refractivity contribution >= 4 is 29.0 Å². The predicted octanol–water partition coefficient (Wildman–Crippen LogP) is 4.12. The fraction of sp³-hybridized carbons (Fsp3) is 0.500. The summed E-state index contributed by atoms with van der Waals surface area (Å²) >= 11 is 3.37. The Kier molecular flexibility index (Phi) is 6.05. The van der Waals surface area contributed by atoms with Crippen molar-refractivity contribution in [3.8, 4) is 0 Å². The molecule has 6 heteroatoms. The van der Waals surface area contributed by atoms with Crippen LogP contribution in [0.2, 0.25) is 0 Å². The van der Waals surface area contributed by atoms with Crippen LogP contribution >= 0.6 is 23.1 Å². The monoisotopic (exact) mass is 389 g/mol. The lowest BCUT2D eigenvalue weighted by Gasteiger charge is -2.34. The van der Waals surface area contributed by atoms with Crippen molar-refractivity contribution in [2.45, 2.75) is 37.6 Å². The summed E-state index contributed by atoms with van der Waals surface area (Å²) in [7, 11) is 0. The minimum Gasteiger partial charge on any atom is -0.336 e. The number of carbonyl (C=O) groups excluding carboxylic acids is 1. The van der Waals surface area contributed by atoms with Crippen LogP contribution < -0.4 is 0 Å². The molecule has 1 fully saturated rings. The number of amides is 1. The Morgan fingerprint density at radius 3 is 2.50 bits per heavy atom. The van der Waals surface area contributed by atoms with E-state index in [-0.39, 0.29) is 11.3 Å². The van der Waals surface area contributed by atoms with Crippen LogP contribution in [0.3, 0.4) is 0 Å². The lowest BCUT2D eigenvalue weighted by Crippen LogP contribution is -2.48. The van der Waals surface area contributed by atoms with Crippen LogP contribution in [-0.4, -0.2) is 53.1 Å². The zero-order valence-electron chi connectivity index (χ0n) is 16.0. The Balaban J connectivity index is 1.57. The maximum Gasteiger partial charge on any atom is 0.255 e. The smallest absolute Gasteiger partial charge is 0.255 e. The van der Waals surface area contributed by atoms with Gasteiger partial charge in [-0.1, -0.05) is 32.9 Å². The molecule has 26 heavy (non-hydrogen) atoms. The van der Waals surface area contributed by atoms with Gasteiger partial charge in [0.25, 0.3) is 5.91 Å². The first-order valence-corrected chi connectivity index (χ1v) is 11.1. The van der Waals surface area contributed by atoms with E-state index in [1.165, 1.54) is 10.7 Å². The van der Waals surface area contributed by atoms with Gasteiger partial charge in [-0.3, -0.25) is 9.69 Å². The van der Waals surface area contributed by atoms with E-state index < -0.39 is 0 Å². The van der Waals surface area contributed by atoms with Crippen molar-refractivity contribution in [1.82, 2.24) is 14.8 Å². The summed E-state index contributed by atoms with van der Waals surface area (Å²) in [5, 5.41) is 3.34. The number of carbonyl (C=O) groups is 1. The average Bonchev–Trinajstić information content (AvgIpc) is 3.10. The molecule has 2 aromatic rings. The normalized spacial score (nSPS) is 16.1. The molecule has 0 radical (unpaired) electrons. The van der Waals surface area contributed by atoms with Crippen molar-refractivity contribution in [3.63, 3.8) is 0 Å². The number of hydrogen-bond donors (Lipinski definition) is 0. The van der Waals surface area contributed by atoms with Gasteiger partial charge in [0.2, 0.25) is 0 Å². The average molecular weight is 390 g/mol. The van der Waals surface area contributed by atoms with Crippen LogP contribution in [0, 0.1) is 0 Å². The molecule has 0 atom stereocenters. The van der Waals surface area contributed by atoms with Crippen LogP contribution in [0.4, 0.5) is 0 Å². The minimum absolute atomic E-state index is 0.102. The van der Waals surface area contributed by atoms with Crippen LogP contribution in [0.15, 0.2) is 34.5 Å². The molecule has 140 valence electrons. The highest BCUT2D eigenvalue weighted by atomic mass is 32.2. The molecular weight excluding hydrogens is 362 g/mol. The predicted molar refractivity (Wildman–Crippen MR) is 110 cm³/mol. The maximum atomic E-state index is 12.8. The van der Waals surface area contributed by atoms with Crippen molar-refractivity contribution in [2.24, 2.45) is 0 Å². The quantitative estimate of drug-likeness (QED) is 0.737. The van der Waals surface area contributed by atoms with Gasteiger partial charge in [-0.25, -0.2) is 4.98 Å². The molecule has 1 aliphatic rings. The molecular formula is C20H27N3OS2. The highest BCUT2D eigenvalue weighted by Crippen LogP contribution is 2.25. The molecule has 3 rings (SSSR count). The molecule has 2 heterocycles. The van der Waals surface area contributed by atoms with Crippen molar-refractivity contribution in [3.05, 3.63) is 45.9 Å². The summed E-state index contributed by atoms with van der Waals surface area (Å²) in [6.45, 7) is 10.8. The largest absolute Gasteiger partial charge is 0.336 e. The molecule has 4 nitrogen and oxygen atoms in total. The second kappa shape index (κ2) is 8.11. The third kappa shape index (κ3) is 4.48. The SMILES string of the molecule is CSc1ccccc1C(=O)N1CCN(Cc2nc(C(C)(C)C)cs2)CC1. The molecule has 1 amide bonds. The first kappa shape index (κ1) is 19.4. The van der Waals surface area contributed by atoms with E-state index in [9.17, 15) is 4.79 Å². The number of hydrogen-bond acceptors (Lipinski definition) is 5. The Hall–Kier alpha value is -1.37. The van der Waals surface area contributed by atoms with E-state index in [2.05, 4.69) is 31.1 Å². The molecule has 1 saturated heterocycles. The number of thiazole rings is 1. The topological polar surface area (TPSA) is 36.4 Å². The van der Waals surface area contributed by atoms with Gasteiger partial charge in [0.15, 0.2) is 0 Å². The number of benzene rings is 1. The second-order valence-corrected chi connectivity index (χ2v) is 9.44. The van der Waals surface area contributed by atoms with Gasteiger partial charge in [0.1, 0.15) is 5.01 Å². The van der Waals surface area contributed by atoms with Crippen LogP contribution in [0.25, 0.3) is 0 Å². The molecule has 1 aromatic heterocycles. The number of aromatic nitrogens is 1. The minimum atomic E-state index is 0.102. The first-order chi connectivity index (χ1) is 12.4. The lowest BCUT2D eigenvalue weighted by molar-refractivity contribution is 0.0625. The fourth-order valence-corrected chi connectivity index (χ4v) is 4.67. The van der Waals surface area contributed by atoms with Gasteiger partial charge >= 0.3 is 0 Å². The number of thioether (sulfide) groups is 1. The van der Waals surface area contributed by atoms with Crippen LogP contribution in [0.5, 0.6) is 0 Å². The Morgan fingerprint density at radius 2 is 1.88 bits per heavy atom. The summed E-state index contributed by atoms with van der Waals surface area (Å²) in [6, 6.07) is 7.88. The Bertz CT molecular complexity index is 758. The van der Waals surface area contributed by atoms with Gasteiger partial charge in [0.05, 0.1) is 17.8 Å². The summed E-state index contributed by atoms with van der Waals surface area (Å²) in [5.74, 6) is 0.152. The van der Waals surface area contributed by atoms with Crippen LogP contribution in [-0.2, 0) is 12.0 Å². The van der Waals surface area contributed by atoms with E-state index in [1.54, 1.807) is 23.1 Å². The summed E-state index contributed by atoms with van der Waals surface area (Å²) in [5.41, 5.74) is 2.09. The summed E-state index contributed by atoms with van der Waals surface area (Å²) in [6.07, 6.45) is 2.02. The molecule has 1 aromatic carbocycles. The molecule has 0 aliphatic carbocycles. The maximum absolute atomic E-state index is 12.8. The number of nitrogens with zero attached hydrogens (tertiary/aromatic N) is 3. The van der Waals surface area contributed by atoms with E-state index in [1.807, 2.05) is 35.4 Å². The molecule has 0 bridgehead atoms. The lowest BCUT2D eigenvalue weighted by atomic mass is 9.93. The summed E-state index contributed by atoms with van der Waals surface area (Å²) < 4.78 is 0. The second-order valence-electron chi connectivity index (χ2n) is 7.65.